The van der Waals surface area contributed by atoms with Crippen LogP contribution in [0.3, 0.4) is 0 Å². The highest BCUT2D eigenvalue weighted by Crippen LogP contribution is 2.39. The first-order valence-electron chi connectivity index (χ1n) is 12.2. The lowest BCUT2D eigenvalue weighted by Gasteiger charge is -2.36. The van der Waals surface area contributed by atoms with Crippen LogP contribution in [0.25, 0.3) is 0 Å². The zero-order chi connectivity index (χ0) is 24.7. The van der Waals surface area contributed by atoms with E-state index >= 15 is 0 Å². The Morgan fingerprint density at radius 1 is 1.00 bits per heavy atom. The average molecular weight is 477 g/mol. The Kier molecular flexibility index (Phi) is 6.13. The number of ketones is 1. The highest BCUT2D eigenvalue weighted by atomic mass is 16.5. The molecular weight excluding hydrogens is 444 g/mol. The number of carbonyl (C=O) groups excluding carboxylic acids is 2. The van der Waals surface area contributed by atoms with E-state index in [0.717, 1.165) is 35.2 Å². The van der Waals surface area contributed by atoms with Crippen LogP contribution >= 0.6 is 0 Å². The maximum absolute atomic E-state index is 12.7. The molecule has 8 heteroatoms. The highest BCUT2D eigenvalue weighted by Gasteiger charge is 2.40. The molecule has 2 amide bonds. The molecule has 0 radical (unpaired) electrons. The molecule has 3 atom stereocenters. The van der Waals surface area contributed by atoms with Crippen LogP contribution in [0.1, 0.15) is 49.3 Å². The quantitative estimate of drug-likeness (QED) is 0.727. The monoisotopic (exact) mass is 476 g/mol. The first kappa shape index (κ1) is 23.2. The minimum Gasteiger partial charge on any atom is -0.493 e. The zero-order valence-corrected chi connectivity index (χ0v) is 20.7. The molecule has 5 rings (SSSR count). The van der Waals surface area contributed by atoms with Gasteiger partial charge in [0.2, 0.25) is 0 Å². The van der Waals surface area contributed by atoms with E-state index in [0.29, 0.717) is 54.3 Å². The molecule has 184 valence electrons. The molecule has 0 aliphatic carbocycles. The van der Waals surface area contributed by atoms with E-state index in [1.807, 2.05) is 19.1 Å². The molecule has 3 aliphatic rings. The fourth-order valence-corrected chi connectivity index (χ4v) is 5.73. The molecule has 8 nitrogen and oxygen atoms in total. The van der Waals surface area contributed by atoms with Gasteiger partial charge >= 0.3 is 6.03 Å². The SMILES string of the molecule is CNC(=O)N1N=C(c2ccc(N3C4CCC3CC(=O)C4)cc2)c2cc(OC)c(OC)cc2CC1C. The summed E-state index contributed by atoms with van der Waals surface area (Å²) in [5.74, 6) is 1.64. The summed E-state index contributed by atoms with van der Waals surface area (Å²) in [6, 6.07) is 12.4. The predicted molar refractivity (Wildman–Crippen MR) is 135 cm³/mol. The summed E-state index contributed by atoms with van der Waals surface area (Å²) in [4.78, 5) is 27.2. The Morgan fingerprint density at radius 3 is 2.23 bits per heavy atom. The Labute approximate surface area is 205 Å². The number of rotatable bonds is 4. The fourth-order valence-electron chi connectivity index (χ4n) is 5.73. The van der Waals surface area contributed by atoms with Crippen LogP contribution in [-0.4, -0.2) is 61.9 Å². The maximum Gasteiger partial charge on any atom is 0.337 e. The fraction of sp³-hybridized carbons (Fsp3) is 0.444. The number of hydrogen-bond donors (Lipinski definition) is 1. The molecular formula is C27H32N4O4. The Balaban J connectivity index is 1.57. The first-order chi connectivity index (χ1) is 16.9. The van der Waals surface area contributed by atoms with Crippen molar-refractivity contribution in [2.75, 3.05) is 26.2 Å². The number of benzene rings is 2. The summed E-state index contributed by atoms with van der Waals surface area (Å²) in [6.07, 6.45) is 4.04. The van der Waals surface area contributed by atoms with E-state index in [1.165, 1.54) is 5.01 Å². The largest absolute Gasteiger partial charge is 0.493 e. The number of urea groups is 1. The lowest BCUT2D eigenvalue weighted by atomic mass is 9.93. The van der Waals surface area contributed by atoms with E-state index in [-0.39, 0.29) is 12.1 Å². The van der Waals surface area contributed by atoms with Crippen molar-refractivity contribution in [1.29, 1.82) is 0 Å². The number of fused-ring (bicyclic) bond motifs is 3. The standard InChI is InChI=1S/C27H32N4O4/c1-16-11-18-12-24(34-3)25(35-4)15-23(18)26(29-31(16)27(33)28-2)17-5-7-19(8-6-17)30-20-9-10-21(30)14-22(32)13-20/h5-8,12,15-16,20-21H,9-11,13-14H2,1-4H3,(H,28,33). The molecule has 0 saturated carbocycles. The van der Waals surface area contributed by atoms with Crippen LogP contribution in [0.2, 0.25) is 0 Å². The van der Waals surface area contributed by atoms with E-state index in [9.17, 15) is 9.59 Å². The van der Waals surface area contributed by atoms with Gasteiger partial charge in [-0.3, -0.25) is 4.79 Å². The number of anilines is 1. The molecule has 0 aromatic heterocycles. The molecule has 3 aliphatic heterocycles. The van der Waals surface area contributed by atoms with Crippen LogP contribution in [0.15, 0.2) is 41.5 Å². The number of amides is 2. The molecule has 2 aromatic rings. The molecule has 3 unspecified atom stereocenters. The molecule has 35 heavy (non-hydrogen) atoms. The number of nitrogens with zero attached hydrogens (tertiary/aromatic N) is 3. The second-order valence-corrected chi connectivity index (χ2v) is 9.55. The van der Waals surface area contributed by atoms with E-state index in [1.54, 1.807) is 21.3 Å². The summed E-state index contributed by atoms with van der Waals surface area (Å²) in [6.45, 7) is 1.98. The summed E-state index contributed by atoms with van der Waals surface area (Å²) in [5, 5.41) is 9.07. The summed E-state index contributed by atoms with van der Waals surface area (Å²) < 4.78 is 11.1. The second kappa shape index (κ2) is 9.24. The van der Waals surface area contributed by atoms with Crippen molar-refractivity contribution in [3.8, 4) is 11.5 Å². The van der Waals surface area contributed by atoms with Crippen molar-refractivity contribution in [2.24, 2.45) is 5.10 Å². The van der Waals surface area contributed by atoms with E-state index in [4.69, 9.17) is 14.6 Å². The number of piperidine rings is 1. The van der Waals surface area contributed by atoms with Crippen molar-refractivity contribution >= 4 is 23.2 Å². The minimum absolute atomic E-state index is 0.148. The van der Waals surface area contributed by atoms with Crippen molar-refractivity contribution < 1.29 is 19.1 Å². The molecule has 2 fully saturated rings. The smallest absolute Gasteiger partial charge is 0.337 e. The Bertz CT molecular complexity index is 1160. The van der Waals surface area contributed by atoms with Gasteiger partial charge in [-0.25, -0.2) is 9.80 Å². The molecule has 2 saturated heterocycles. The van der Waals surface area contributed by atoms with Crippen LogP contribution in [0.5, 0.6) is 11.5 Å². The minimum atomic E-state index is -0.257. The number of nitrogens with one attached hydrogen (secondary N) is 1. The predicted octanol–water partition coefficient (Wildman–Crippen LogP) is 3.74. The second-order valence-electron chi connectivity index (χ2n) is 9.55. The van der Waals surface area contributed by atoms with Crippen LogP contribution in [-0.2, 0) is 11.2 Å². The number of Topliss-reactive ketones (excluding diaryl/α,β-unsaturated/α-hetero) is 1. The van der Waals surface area contributed by atoms with Gasteiger partial charge in [-0.15, -0.1) is 0 Å². The number of carbonyl (C=O) groups is 2. The summed E-state index contributed by atoms with van der Waals surface area (Å²) >= 11 is 0. The summed E-state index contributed by atoms with van der Waals surface area (Å²) in [7, 11) is 4.85. The summed E-state index contributed by atoms with van der Waals surface area (Å²) in [5.41, 5.74) is 4.70. The van der Waals surface area contributed by atoms with Gasteiger partial charge in [-0.05, 0) is 56.0 Å². The highest BCUT2D eigenvalue weighted by molar-refractivity contribution is 6.14. The Hall–Kier alpha value is -3.55. The number of hydrazone groups is 1. The lowest BCUT2D eigenvalue weighted by Crippen LogP contribution is -2.43. The maximum atomic E-state index is 12.7. The van der Waals surface area contributed by atoms with Gasteiger partial charge in [0.15, 0.2) is 11.5 Å². The molecule has 1 N–H and O–H groups in total. The first-order valence-corrected chi connectivity index (χ1v) is 12.2. The van der Waals surface area contributed by atoms with E-state index in [2.05, 4.69) is 34.5 Å². The van der Waals surface area contributed by atoms with Crippen LogP contribution in [0, 0.1) is 0 Å². The van der Waals surface area contributed by atoms with Crippen molar-refractivity contribution in [1.82, 2.24) is 10.3 Å². The van der Waals surface area contributed by atoms with Crippen LogP contribution in [0.4, 0.5) is 10.5 Å². The molecule has 0 spiro atoms. The van der Waals surface area contributed by atoms with Gasteiger partial charge in [0.25, 0.3) is 0 Å². The van der Waals surface area contributed by atoms with Gasteiger partial charge in [-0.1, -0.05) is 12.1 Å². The third kappa shape index (κ3) is 4.11. The van der Waals surface area contributed by atoms with Gasteiger partial charge in [0, 0.05) is 48.8 Å². The number of methoxy groups -OCH3 is 2. The van der Waals surface area contributed by atoms with Crippen LogP contribution < -0.4 is 19.7 Å². The van der Waals surface area contributed by atoms with Gasteiger partial charge < -0.3 is 19.7 Å². The van der Waals surface area contributed by atoms with Gasteiger partial charge in [-0.2, -0.15) is 5.10 Å². The number of ether oxygens (including phenoxy) is 2. The third-order valence-electron chi connectivity index (χ3n) is 7.41. The van der Waals surface area contributed by atoms with Gasteiger partial charge in [0.1, 0.15) is 5.78 Å². The third-order valence-corrected chi connectivity index (χ3v) is 7.41. The van der Waals surface area contributed by atoms with Crippen molar-refractivity contribution in [3.63, 3.8) is 0 Å². The molecule has 2 aromatic carbocycles. The lowest BCUT2D eigenvalue weighted by molar-refractivity contribution is -0.120. The average Bonchev–Trinajstić information content (AvgIpc) is 3.05. The number of hydrogen-bond acceptors (Lipinski definition) is 6. The normalized spacial score (nSPS) is 23.4. The Morgan fingerprint density at radius 2 is 1.63 bits per heavy atom. The van der Waals surface area contributed by atoms with Crippen molar-refractivity contribution in [3.05, 3.63) is 53.1 Å². The van der Waals surface area contributed by atoms with Gasteiger partial charge in [0.05, 0.1) is 26.0 Å². The molecule has 2 bridgehead atoms. The topological polar surface area (TPSA) is 83.5 Å². The van der Waals surface area contributed by atoms with Crippen molar-refractivity contribution in [2.45, 2.75) is 57.2 Å². The molecule has 3 heterocycles. The zero-order valence-electron chi connectivity index (χ0n) is 20.7. The van der Waals surface area contributed by atoms with E-state index < -0.39 is 0 Å².